The van der Waals surface area contributed by atoms with E-state index in [0.29, 0.717) is 17.1 Å². The average molecular weight is 402 g/mol. The number of aromatic nitrogens is 1. The highest BCUT2D eigenvalue weighted by molar-refractivity contribution is 8.00. The fourth-order valence-corrected chi connectivity index (χ4v) is 3.22. The van der Waals surface area contributed by atoms with Crippen molar-refractivity contribution in [1.82, 2.24) is 4.98 Å². The Hall–Kier alpha value is -2.57. The summed E-state index contributed by atoms with van der Waals surface area (Å²) in [5, 5.41) is 2.65. The zero-order valence-corrected chi connectivity index (χ0v) is 15.9. The Balaban J connectivity index is 1.54. The molecule has 0 spiro atoms. The molecule has 3 aromatic rings. The zero-order valence-electron chi connectivity index (χ0n) is 14.3. The number of hydrogen-bond donors (Lipinski definition) is 2. The van der Waals surface area contributed by atoms with E-state index in [1.807, 2.05) is 18.2 Å². The van der Waals surface area contributed by atoms with Crippen LogP contribution < -0.4 is 10.0 Å². The molecule has 0 aliphatic rings. The quantitative estimate of drug-likeness (QED) is 0.409. The predicted octanol–water partition coefficient (Wildman–Crippen LogP) is 5.43. The SMILES string of the molecule is O=C(Nc1ccc(F)c(Cl)c1)c1ccnc(NSCCc2ccccc2)c1. The molecule has 0 saturated heterocycles. The molecule has 1 amide bonds. The second-order valence-corrected chi connectivity index (χ2v) is 7.01. The van der Waals surface area contributed by atoms with Crippen LogP contribution in [-0.4, -0.2) is 16.6 Å². The normalized spacial score (nSPS) is 10.4. The summed E-state index contributed by atoms with van der Waals surface area (Å²) in [6, 6.07) is 17.5. The molecule has 27 heavy (non-hydrogen) atoms. The maximum absolute atomic E-state index is 13.2. The third-order valence-electron chi connectivity index (χ3n) is 3.71. The van der Waals surface area contributed by atoms with Crippen LogP contribution in [-0.2, 0) is 6.42 Å². The van der Waals surface area contributed by atoms with Gasteiger partial charge in [0.05, 0.1) is 5.02 Å². The largest absolute Gasteiger partial charge is 0.322 e. The van der Waals surface area contributed by atoms with E-state index in [9.17, 15) is 9.18 Å². The number of carbonyl (C=O) groups is 1. The lowest BCUT2D eigenvalue weighted by Gasteiger charge is -2.08. The topological polar surface area (TPSA) is 54.0 Å². The first kappa shape index (κ1) is 19.2. The number of hydrogen-bond acceptors (Lipinski definition) is 4. The molecule has 0 unspecified atom stereocenters. The molecule has 138 valence electrons. The van der Waals surface area contributed by atoms with Crippen LogP contribution in [0.2, 0.25) is 5.02 Å². The van der Waals surface area contributed by atoms with Crippen molar-refractivity contribution in [2.45, 2.75) is 6.42 Å². The van der Waals surface area contributed by atoms with E-state index >= 15 is 0 Å². The van der Waals surface area contributed by atoms with Crippen LogP contribution >= 0.6 is 23.5 Å². The van der Waals surface area contributed by atoms with E-state index in [4.69, 9.17) is 11.6 Å². The number of amides is 1. The van der Waals surface area contributed by atoms with Crippen LogP contribution in [0.1, 0.15) is 15.9 Å². The van der Waals surface area contributed by atoms with Gasteiger partial charge in [0, 0.05) is 23.2 Å². The molecule has 3 rings (SSSR count). The van der Waals surface area contributed by atoms with Crippen molar-refractivity contribution in [3.63, 3.8) is 0 Å². The second kappa shape index (κ2) is 9.39. The Bertz CT molecular complexity index is 924. The van der Waals surface area contributed by atoms with Gasteiger partial charge in [-0.25, -0.2) is 9.37 Å². The number of halogens is 2. The van der Waals surface area contributed by atoms with E-state index in [-0.39, 0.29) is 10.9 Å². The van der Waals surface area contributed by atoms with Gasteiger partial charge in [0.15, 0.2) is 0 Å². The molecule has 0 bridgehead atoms. The van der Waals surface area contributed by atoms with Crippen molar-refractivity contribution >= 4 is 41.0 Å². The Morgan fingerprint density at radius 2 is 1.93 bits per heavy atom. The minimum Gasteiger partial charge on any atom is -0.322 e. The molecule has 0 radical (unpaired) electrons. The summed E-state index contributed by atoms with van der Waals surface area (Å²) in [4.78, 5) is 16.6. The van der Waals surface area contributed by atoms with Gasteiger partial charge in [0.2, 0.25) is 0 Å². The molecule has 2 aromatic carbocycles. The summed E-state index contributed by atoms with van der Waals surface area (Å²) >= 11 is 7.26. The number of pyridine rings is 1. The van der Waals surface area contributed by atoms with Crippen molar-refractivity contribution in [2.24, 2.45) is 0 Å². The summed E-state index contributed by atoms with van der Waals surface area (Å²) in [7, 11) is 0. The Kier molecular flexibility index (Phi) is 6.68. The average Bonchev–Trinajstić information content (AvgIpc) is 2.69. The van der Waals surface area contributed by atoms with Gasteiger partial charge < -0.3 is 10.0 Å². The molecule has 2 N–H and O–H groups in total. The van der Waals surface area contributed by atoms with E-state index in [1.165, 1.54) is 35.7 Å². The molecule has 0 atom stereocenters. The highest BCUT2D eigenvalue weighted by Crippen LogP contribution is 2.20. The summed E-state index contributed by atoms with van der Waals surface area (Å²) in [6.45, 7) is 0. The summed E-state index contributed by atoms with van der Waals surface area (Å²) in [6.07, 6.45) is 2.50. The molecule has 0 aliphatic heterocycles. The van der Waals surface area contributed by atoms with Gasteiger partial charge >= 0.3 is 0 Å². The Morgan fingerprint density at radius 1 is 1.11 bits per heavy atom. The number of anilines is 2. The van der Waals surface area contributed by atoms with E-state index in [1.54, 1.807) is 18.3 Å². The zero-order chi connectivity index (χ0) is 19.1. The second-order valence-electron chi connectivity index (χ2n) is 5.70. The van der Waals surface area contributed by atoms with Crippen molar-refractivity contribution < 1.29 is 9.18 Å². The molecule has 1 heterocycles. The van der Waals surface area contributed by atoms with Crippen LogP contribution in [0.3, 0.4) is 0 Å². The van der Waals surface area contributed by atoms with Crippen molar-refractivity contribution in [3.05, 3.63) is 88.8 Å². The fourth-order valence-electron chi connectivity index (χ4n) is 2.34. The molecule has 0 saturated carbocycles. The smallest absolute Gasteiger partial charge is 0.255 e. The summed E-state index contributed by atoms with van der Waals surface area (Å²) in [5.41, 5.74) is 2.14. The van der Waals surface area contributed by atoms with Crippen molar-refractivity contribution in [3.8, 4) is 0 Å². The standard InChI is InChI=1S/C20H17ClFN3OS/c21-17-13-16(6-7-18(17)22)24-20(26)15-8-10-23-19(12-15)25-27-11-9-14-4-2-1-3-5-14/h1-8,10,12-13H,9,11H2,(H,23,25)(H,24,26). The number of rotatable bonds is 7. The van der Waals surface area contributed by atoms with Crippen molar-refractivity contribution in [1.29, 1.82) is 0 Å². The minimum atomic E-state index is -0.530. The monoisotopic (exact) mass is 401 g/mol. The van der Waals surface area contributed by atoms with Gasteiger partial charge in [-0.15, -0.1) is 0 Å². The highest BCUT2D eigenvalue weighted by atomic mass is 35.5. The van der Waals surface area contributed by atoms with Crippen LogP contribution in [0.5, 0.6) is 0 Å². The lowest BCUT2D eigenvalue weighted by Crippen LogP contribution is -2.12. The number of nitrogens with one attached hydrogen (secondary N) is 2. The van der Waals surface area contributed by atoms with Crippen molar-refractivity contribution in [2.75, 3.05) is 15.8 Å². The molecule has 4 nitrogen and oxygen atoms in total. The summed E-state index contributed by atoms with van der Waals surface area (Å²) in [5.74, 6) is 0.615. The number of benzene rings is 2. The molecular weight excluding hydrogens is 385 g/mol. The van der Waals surface area contributed by atoms with Gasteiger partial charge in [0.25, 0.3) is 5.91 Å². The van der Waals surface area contributed by atoms with E-state index in [0.717, 1.165) is 12.2 Å². The van der Waals surface area contributed by atoms with E-state index in [2.05, 4.69) is 27.2 Å². The Labute approximate surface area is 166 Å². The molecule has 0 aliphatic carbocycles. The van der Waals surface area contributed by atoms with Gasteiger partial charge in [-0.1, -0.05) is 53.9 Å². The molecule has 0 fully saturated rings. The number of aryl methyl sites for hydroxylation is 1. The van der Waals surface area contributed by atoms with Crippen LogP contribution in [0.15, 0.2) is 66.9 Å². The van der Waals surface area contributed by atoms with Crippen LogP contribution in [0.4, 0.5) is 15.9 Å². The van der Waals surface area contributed by atoms with E-state index < -0.39 is 5.82 Å². The van der Waals surface area contributed by atoms with Gasteiger partial charge in [-0.2, -0.15) is 0 Å². The number of carbonyl (C=O) groups excluding carboxylic acids is 1. The first-order valence-corrected chi connectivity index (χ1v) is 9.62. The number of nitrogens with zero attached hydrogens (tertiary/aromatic N) is 1. The first-order valence-electron chi connectivity index (χ1n) is 8.26. The molecule has 7 heteroatoms. The van der Waals surface area contributed by atoms with Gasteiger partial charge in [-0.05, 0) is 42.3 Å². The fraction of sp³-hybridized carbons (Fsp3) is 0.100. The maximum atomic E-state index is 13.2. The lowest BCUT2D eigenvalue weighted by atomic mass is 10.2. The van der Waals surface area contributed by atoms with Gasteiger partial charge in [0.1, 0.15) is 11.6 Å². The first-order chi connectivity index (χ1) is 13.1. The minimum absolute atomic E-state index is 0.0419. The summed E-state index contributed by atoms with van der Waals surface area (Å²) < 4.78 is 16.3. The molecule has 1 aromatic heterocycles. The molecular formula is C20H17ClFN3OS. The van der Waals surface area contributed by atoms with Crippen LogP contribution in [0.25, 0.3) is 0 Å². The Morgan fingerprint density at radius 3 is 2.70 bits per heavy atom. The predicted molar refractivity (Wildman–Crippen MR) is 110 cm³/mol. The van der Waals surface area contributed by atoms with Crippen LogP contribution in [0, 0.1) is 5.82 Å². The lowest BCUT2D eigenvalue weighted by molar-refractivity contribution is 0.102. The third kappa shape index (κ3) is 5.70. The maximum Gasteiger partial charge on any atom is 0.255 e. The van der Waals surface area contributed by atoms with Gasteiger partial charge in [-0.3, -0.25) is 4.79 Å². The third-order valence-corrected chi connectivity index (χ3v) is 4.76. The highest BCUT2D eigenvalue weighted by Gasteiger charge is 2.09.